The topological polar surface area (TPSA) is 65.2 Å². The van der Waals surface area contributed by atoms with Crippen LogP contribution in [0.4, 0.5) is 8.78 Å². The van der Waals surface area contributed by atoms with E-state index in [4.69, 9.17) is 10.5 Å². The van der Waals surface area contributed by atoms with Crippen LogP contribution < -0.4 is 5.73 Å². The van der Waals surface area contributed by atoms with Crippen LogP contribution in [0.3, 0.4) is 0 Å². The van der Waals surface area contributed by atoms with Gasteiger partial charge in [0.25, 0.3) is 6.43 Å². The highest BCUT2D eigenvalue weighted by Gasteiger charge is 2.25. The second-order valence-corrected chi connectivity index (χ2v) is 3.40. The number of hydrogen-bond acceptors (Lipinski definition) is 4. The molecule has 0 spiro atoms. The number of esters is 1. The Labute approximate surface area is 97.8 Å². The van der Waals surface area contributed by atoms with Crippen LogP contribution in [0.25, 0.3) is 0 Å². The molecule has 0 saturated carbocycles. The lowest BCUT2D eigenvalue weighted by Gasteiger charge is -2.13. The summed E-state index contributed by atoms with van der Waals surface area (Å²) in [4.78, 5) is 15.5. The Morgan fingerprint density at radius 2 is 2.24 bits per heavy atom. The Bertz CT molecular complexity index is 422. The Hall–Kier alpha value is -1.56. The van der Waals surface area contributed by atoms with E-state index in [1.165, 1.54) is 13.1 Å². The number of hydrogen-bond donors (Lipinski definition) is 1. The number of alkyl halides is 2. The number of rotatable bonds is 4. The van der Waals surface area contributed by atoms with Crippen LogP contribution in [0.1, 0.15) is 40.5 Å². The van der Waals surface area contributed by atoms with Gasteiger partial charge < -0.3 is 10.5 Å². The van der Waals surface area contributed by atoms with Crippen molar-refractivity contribution in [2.45, 2.75) is 26.8 Å². The Morgan fingerprint density at radius 1 is 1.59 bits per heavy atom. The van der Waals surface area contributed by atoms with Crippen molar-refractivity contribution < 1.29 is 18.3 Å². The van der Waals surface area contributed by atoms with Gasteiger partial charge in [-0.2, -0.15) is 0 Å². The molecule has 94 valence electrons. The predicted octanol–water partition coefficient (Wildman–Crippen LogP) is 1.96. The third kappa shape index (κ3) is 2.76. The summed E-state index contributed by atoms with van der Waals surface area (Å²) >= 11 is 0. The molecule has 0 aliphatic heterocycles. The van der Waals surface area contributed by atoms with Crippen LogP contribution in [-0.2, 0) is 11.3 Å². The van der Waals surface area contributed by atoms with Crippen LogP contribution in [0, 0.1) is 6.92 Å². The van der Waals surface area contributed by atoms with Gasteiger partial charge in [0.2, 0.25) is 0 Å². The summed E-state index contributed by atoms with van der Waals surface area (Å²) in [5.74, 6) is -0.806. The fourth-order valence-electron chi connectivity index (χ4n) is 1.53. The van der Waals surface area contributed by atoms with Crippen molar-refractivity contribution in [3.05, 3.63) is 28.6 Å². The second kappa shape index (κ2) is 5.67. The molecule has 1 aromatic rings. The maximum absolute atomic E-state index is 12.9. The molecule has 1 rings (SSSR count). The number of nitrogens with zero attached hydrogens (tertiary/aromatic N) is 1. The number of aromatic nitrogens is 1. The van der Waals surface area contributed by atoms with Gasteiger partial charge in [0.15, 0.2) is 0 Å². The largest absolute Gasteiger partial charge is 0.462 e. The highest BCUT2D eigenvalue weighted by molar-refractivity contribution is 5.92. The van der Waals surface area contributed by atoms with Gasteiger partial charge in [-0.1, -0.05) is 0 Å². The Morgan fingerprint density at radius 3 is 2.71 bits per heavy atom. The molecule has 4 nitrogen and oxygen atoms in total. The fraction of sp³-hybridized carbons (Fsp3) is 0.455. The van der Waals surface area contributed by atoms with E-state index in [2.05, 4.69) is 4.98 Å². The van der Waals surface area contributed by atoms with Crippen molar-refractivity contribution in [3.8, 4) is 0 Å². The molecule has 1 aromatic heterocycles. The van der Waals surface area contributed by atoms with Crippen molar-refractivity contribution in [2.24, 2.45) is 5.73 Å². The summed E-state index contributed by atoms with van der Waals surface area (Å²) in [5, 5.41) is 0. The van der Waals surface area contributed by atoms with Gasteiger partial charge in [0.05, 0.1) is 17.9 Å². The number of carbonyl (C=O) groups is 1. The number of pyridine rings is 1. The first-order valence-electron chi connectivity index (χ1n) is 5.16. The van der Waals surface area contributed by atoms with Crippen LogP contribution in [0.5, 0.6) is 0 Å². The lowest BCUT2D eigenvalue weighted by Crippen LogP contribution is -2.17. The van der Waals surface area contributed by atoms with Gasteiger partial charge >= 0.3 is 5.97 Å². The summed E-state index contributed by atoms with van der Waals surface area (Å²) in [6.07, 6.45) is -1.48. The van der Waals surface area contributed by atoms with Crippen LogP contribution >= 0.6 is 0 Å². The Kier molecular flexibility index (Phi) is 4.51. The van der Waals surface area contributed by atoms with E-state index in [1.807, 2.05) is 0 Å². The molecule has 0 radical (unpaired) electrons. The molecule has 0 aliphatic carbocycles. The average molecular weight is 244 g/mol. The van der Waals surface area contributed by atoms with Crippen LogP contribution in [-0.4, -0.2) is 17.6 Å². The predicted molar refractivity (Wildman–Crippen MR) is 57.8 cm³/mol. The molecule has 0 bridgehead atoms. The van der Waals surface area contributed by atoms with Crippen molar-refractivity contribution >= 4 is 5.97 Å². The molecule has 0 aromatic carbocycles. The van der Waals surface area contributed by atoms with Gasteiger partial charge in [-0.25, -0.2) is 13.6 Å². The zero-order chi connectivity index (χ0) is 13.0. The normalized spacial score (nSPS) is 10.7. The maximum Gasteiger partial charge on any atom is 0.340 e. The fourth-order valence-corrected chi connectivity index (χ4v) is 1.53. The van der Waals surface area contributed by atoms with Crippen LogP contribution in [0.2, 0.25) is 0 Å². The number of aryl methyl sites for hydroxylation is 1. The molecular formula is C11H14F2N2O2. The van der Waals surface area contributed by atoms with Crippen molar-refractivity contribution in [1.29, 1.82) is 0 Å². The second-order valence-electron chi connectivity index (χ2n) is 3.40. The summed E-state index contributed by atoms with van der Waals surface area (Å²) in [7, 11) is 0. The molecule has 0 saturated heterocycles. The molecule has 0 atom stereocenters. The molecule has 0 fully saturated rings. The SMILES string of the molecule is CCOC(=O)c1c(CN)ncc(C)c1C(F)F. The van der Waals surface area contributed by atoms with E-state index in [0.717, 1.165) is 0 Å². The standard InChI is InChI=1S/C11H14F2N2O2/c1-3-17-11(16)9-7(4-14)15-5-6(2)8(9)10(12)13/h5,10H,3-4,14H2,1-2H3. The highest BCUT2D eigenvalue weighted by atomic mass is 19.3. The summed E-state index contributed by atoms with van der Waals surface area (Å²) in [6, 6.07) is 0. The number of nitrogens with two attached hydrogens (primary N) is 1. The highest BCUT2D eigenvalue weighted by Crippen LogP contribution is 2.28. The van der Waals surface area contributed by atoms with Gasteiger partial charge in [0, 0.05) is 18.3 Å². The third-order valence-electron chi connectivity index (χ3n) is 2.29. The molecule has 6 heteroatoms. The quantitative estimate of drug-likeness (QED) is 0.822. The molecule has 0 unspecified atom stereocenters. The van der Waals surface area contributed by atoms with E-state index in [-0.39, 0.29) is 35.5 Å². The summed E-state index contributed by atoms with van der Waals surface area (Å²) < 4.78 is 30.6. The molecule has 17 heavy (non-hydrogen) atoms. The van der Waals surface area contributed by atoms with Gasteiger partial charge in [-0.3, -0.25) is 4.98 Å². The van der Waals surface area contributed by atoms with Crippen molar-refractivity contribution in [1.82, 2.24) is 4.98 Å². The monoisotopic (exact) mass is 244 g/mol. The first kappa shape index (κ1) is 13.5. The lowest BCUT2D eigenvalue weighted by molar-refractivity contribution is 0.0513. The minimum Gasteiger partial charge on any atom is -0.462 e. The number of carbonyl (C=O) groups excluding carboxylic acids is 1. The maximum atomic E-state index is 12.9. The van der Waals surface area contributed by atoms with Crippen LogP contribution in [0.15, 0.2) is 6.20 Å². The Balaban J connectivity index is 3.40. The molecule has 0 aliphatic rings. The minimum atomic E-state index is -2.76. The van der Waals surface area contributed by atoms with Crippen molar-refractivity contribution in [2.75, 3.05) is 6.61 Å². The van der Waals surface area contributed by atoms with Crippen molar-refractivity contribution in [3.63, 3.8) is 0 Å². The van der Waals surface area contributed by atoms with Gasteiger partial charge in [0.1, 0.15) is 0 Å². The summed E-state index contributed by atoms with van der Waals surface area (Å²) in [6.45, 7) is 3.09. The first-order valence-corrected chi connectivity index (χ1v) is 5.16. The van der Waals surface area contributed by atoms with E-state index < -0.39 is 12.4 Å². The molecule has 1 heterocycles. The number of ether oxygens (including phenoxy) is 1. The average Bonchev–Trinajstić information content (AvgIpc) is 2.28. The zero-order valence-corrected chi connectivity index (χ0v) is 9.67. The van der Waals surface area contributed by atoms with E-state index in [0.29, 0.717) is 0 Å². The third-order valence-corrected chi connectivity index (χ3v) is 2.29. The molecule has 0 amide bonds. The lowest BCUT2D eigenvalue weighted by atomic mass is 10.0. The molecular weight excluding hydrogens is 230 g/mol. The number of halogens is 2. The van der Waals surface area contributed by atoms with Gasteiger partial charge in [-0.05, 0) is 19.4 Å². The summed E-state index contributed by atoms with van der Waals surface area (Å²) in [5.41, 5.74) is 5.22. The van der Waals surface area contributed by atoms with E-state index in [9.17, 15) is 13.6 Å². The molecule has 2 N–H and O–H groups in total. The van der Waals surface area contributed by atoms with E-state index in [1.54, 1.807) is 6.92 Å². The minimum absolute atomic E-state index is 0.0891. The first-order chi connectivity index (χ1) is 8.02. The van der Waals surface area contributed by atoms with Gasteiger partial charge in [-0.15, -0.1) is 0 Å². The van der Waals surface area contributed by atoms with E-state index >= 15 is 0 Å². The smallest absolute Gasteiger partial charge is 0.340 e. The zero-order valence-electron chi connectivity index (χ0n) is 9.67.